The Bertz CT molecular complexity index is 1450. The van der Waals surface area contributed by atoms with Gasteiger partial charge in [-0.05, 0) is 36.8 Å². The fraction of sp³-hybridized carbons (Fsp3) is 0.471. The molecule has 1 heterocycles. The number of carbonyl (C=O) groups is 6. The number of methoxy groups -OCH3 is 1. The van der Waals surface area contributed by atoms with E-state index in [1.165, 1.54) is 76.3 Å². The van der Waals surface area contributed by atoms with Crippen molar-refractivity contribution in [3.8, 4) is 5.75 Å². The summed E-state index contributed by atoms with van der Waals surface area (Å²) in [7, 11) is 1.19. The predicted molar refractivity (Wildman–Crippen MR) is 170 cm³/mol. The number of ether oxygens (including phenoxy) is 2. The van der Waals surface area contributed by atoms with Crippen molar-refractivity contribution in [2.45, 2.75) is 90.6 Å². The molecule has 1 atom stereocenters. The van der Waals surface area contributed by atoms with Gasteiger partial charge < -0.3 is 25.0 Å². The Labute approximate surface area is 268 Å². The number of rotatable bonds is 19. The highest BCUT2D eigenvalue weighted by atomic mass is 16.5. The SMILES string of the molecule is CCCCCCCCCCCCOc1ccc(C(=O)c2c(C(=O)O)cc(NC(C)=O)c(N3C(=O)CC(OC)C3=O)c2C(=O)O)cc1. The van der Waals surface area contributed by atoms with Gasteiger partial charge in [-0.1, -0.05) is 64.7 Å². The number of carboxylic acid groups (broad SMARTS) is 2. The zero-order chi connectivity index (χ0) is 33.8. The third-order valence-corrected chi connectivity index (χ3v) is 7.78. The number of hydrogen-bond donors (Lipinski definition) is 3. The molecule has 0 aliphatic carbocycles. The molecule has 248 valence electrons. The van der Waals surface area contributed by atoms with E-state index in [4.69, 9.17) is 9.47 Å². The van der Waals surface area contributed by atoms with Crippen molar-refractivity contribution in [3.63, 3.8) is 0 Å². The molecular weight excluding hydrogens is 596 g/mol. The topological polar surface area (TPSA) is 177 Å². The Kier molecular flexibility index (Phi) is 13.4. The van der Waals surface area contributed by atoms with Gasteiger partial charge in [-0.2, -0.15) is 0 Å². The van der Waals surface area contributed by atoms with Gasteiger partial charge in [0, 0.05) is 19.6 Å². The van der Waals surface area contributed by atoms with Crippen LogP contribution in [-0.2, 0) is 19.1 Å². The number of nitrogens with one attached hydrogen (secondary N) is 1. The summed E-state index contributed by atoms with van der Waals surface area (Å²) in [5.41, 5.74) is -3.53. The lowest BCUT2D eigenvalue weighted by molar-refractivity contribution is -0.125. The van der Waals surface area contributed by atoms with Crippen LogP contribution in [0, 0.1) is 0 Å². The molecule has 2 aromatic carbocycles. The first kappa shape index (κ1) is 35.9. The van der Waals surface area contributed by atoms with Crippen molar-refractivity contribution in [1.82, 2.24) is 0 Å². The summed E-state index contributed by atoms with van der Waals surface area (Å²) in [6, 6.07) is 6.66. The van der Waals surface area contributed by atoms with Gasteiger partial charge in [-0.15, -0.1) is 0 Å². The molecule has 1 unspecified atom stereocenters. The minimum absolute atomic E-state index is 0.0524. The highest BCUT2D eigenvalue weighted by Gasteiger charge is 2.44. The maximum absolute atomic E-state index is 13.8. The molecular formula is C34H42N2O10. The van der Waals surface area contributed by atoms with E-state index in [0.29, 0.717) is 17.3 Å². The number of aromatic carboxylic acids is 2. The Hall–Kier alpha value is -4.58. The molecule has 46 heavy (non-hydrogen) atoms. The van der Waals surface area contributed by atoms with Gasteiger partial charge >= 0.3 is 11.9 Å². The van der Waals surface area contributed by atoms with Crippen LogP contribution >= 0.6 is 0 Å². The average Bonchev–Trinajstić information content (AvgIpc) is 3.30. The Morgan fingerprint density at radius 3 is 1.96 bits per heavy atom. The van der Waals surface area contributed by atoms with E-state index in [1.807, 2.05) is 0 Å². The van der Waals surface area contributed by atoms with E-state index in [1.54, 1.807) is 0 Å². The van der Waals surface area contributed by atoms with Crippen LogP contribution < -0.4 is 15.0 Å². The largest absolute Gasteiger partial charge is 0.494 e. The number of hydrogen-bond acceptors (Lipinski definition) is 8. The van der Waals surface area contributed by atoms with Gasteiger partial charge in [0.25, 0.3) is 5.91 Å². The van der Waals surface area contributed by atoms with Crippen LogP contribution in [0.2, 0.25) is 0 Å². The van der Waals surface area contributed by atoms with Gasteiger partial charge in [-0.25, -0.2) is 14.5 Å². The summed E-state index contributed by atoms with van der Waals surface area (Å²) in [4.78, 5) is 77.2. The molecule has 0 saturated carbocycles. The summed E-state index contributed by atoms with van der Waals surface area (Å²) in [6.07, 6.45) is 10.2. The average molecular weight is 639 g/mol. The van der Waals surface area contributed by atoms with Gasteiger partial charge in [0.1, 0.15) is 11.9 Å². The third-order valence-electron chi connectivity index (χ3n) is 7.78. The number of anilines is 2. The fourth-order valence-electron chi connectivity index (χ4n) is 5.45. The first-order valence-electron chi connectivity index (χ1n) is 15.6. The Balaban J connectivity index is 1.84. The monoisotopic (exact) mass is 638 g/mol. The van der Waals surface area contributed by atoms with Crippen LogP contribution in [0.3, 0.4) is 0 Å². The van der Waals surface area contributed by atoms with Crippen LogP contribution in [-0.4, -0.2) is 65.5 Å². The van der Waals surface area contributed by atoms with E-state index in [2.05, 4.69) is 12.2 Å². The normalized spacial score (nSPS) is 14.4. The molecule has 12 nitrogen and oxygen atoms in total. The van der Waals surface area contributed by atoms with Crippen LogP contribution in [0.4, 0.5) is 11.4 Å². The number of amides is 3. The van der Waals surface area contributed by atoms with E-state index < -0.39 is 76.0 Å². The third kappa shape index (κ3) is 9.00. The van der Waals surface area contributed by atoms with Crippen molar-refractivity contribution in [2.24, 2.45) is 0 Å². The molecule has 1 aliphatic heterocycles. The second kappa shape index (κ2) is 17.2. The molecule has 1 aliphatic rings. The van der Waals surface area contributed by atoms with E-state index >= 15 is 0 Å². The number of carboxylic acids is 2. The molecule has 2 aromatic rings. The Morgan fingerprint density at radius 2 is 1.46 bits per heavy atom. The Morgan fingerprint density at radius 1 is 0.870 bits per heavy atom. The van der Waals surface area contributed by atoms with E-state index in [0.717, 1.165) is 32.3 Å². The minimum atomic E-state index is -1.79. The first-order valence-corrected chi connectivity index (χ1v) is 15.6. The zero-order valence-corrected chi connectivity index (χ0v) is 26.6. The van der Waals surface area contributed by atoms with Crippen molar-refractivity contribution in [2.75, 3.05) is 23.9 Å². The quantitative estimate of drug-likeness (QED) is 0.0961. The molecule has 3 amide bonds. The lowest BCUT2D eigenvalue weighted by atomic mass is 9.90. The van der Waals surface area contributed by atoms with Gasteiger partial charge in [0.15, 0.2) is 5.78 Å². The number of imide groups is 1. The number of nitrogens with zero attached hydrogens (tertiary/aromatic N) is 1. The molecule has 0 bridgehead atoms. The second-order valence-corrected chi connectivity index (χ2v) is 11.2. The minimum Gasteiger partial charge on any atom is -0.494 e. The fourth-order valence-corrected chi connectivity index (χ4v) is 5.45. The molecule has 12 heteroatoms. The molecule has 3 N–H and O–H groups in total. The lowest BCUT2D eigenvalue weighted by Crippen LogP contribution is -2.35. The van der Waals surface area contributed by atoms with Crippen molar-refractivity contribution < 1.29 is 48.5 Å². The van der Waals surface area contributed by atoms with Gasteiger partial charge in [0.2, 0.25) is 11.8 Å². The summed E-state index contributed by atoms with van der Waals surface area (Å²) in [5.74, 6) is -6.45. The van der Waals surface area contributed by atoms with Crippen LogP contribution in [0.15, 0.2) is 30.3 Å². The van der Waals surface area contributed by atoms with Gasteiger partial charge in [-0.3, -0.25) is 19.2 Å². The number of benzene rings is 2. The predicted octanol–water partition coefficient (Wildman–Crippen LogP) is 5.85. The first-order chi connectivity index (χ1) is 22.0. The number of ketones is 1. The molecule has 1 fully saturated rings. The summed E-state index contributed by atoms with van der Waals surface area (Å²) >= 11 is 0. The number of unbranched alkanes of at least 4 members (excludes halogenated alkanes) is 9. The smallest absolute Gasteiger partial charge is 0.338 e. The van der Waals surface area contributed by atoms with E-state index in [9.17, 15) is 39.0 Å². The molecule has 1 saturated heterocycles. The highest BCUT2D eigenvalue weighted by Crippen LogP contribution is 2.39. The van der Waals surface area contributed by atoms with Gasteiger partial charge in [0.05, 0.1) is 41.1 Å². The van der Waals surface area contributed by atoms with Crippen molar-refractivity contribution >= 4 is 46.8 Å². The van der Waals surface area contributed by atoms with Crippen molar-refractivity contribution in [1.29, 1.82) is 0 Å². The van der Waals surface area contributed by atoms with Crippen LogP contribution in [0.25, 0.3) is 0 Å². The maximum atomic E-state index is 13.8. The van der Waals surface area contributed by atoms with Crippen LogP contribution in [0.5, 0.6) is 5.75 Å². The number of carbonyl (C=O) groups excluding carboxylic acids is 4. The molecule has 0 aromatic heterocycles. The molecule has 3 rings (SSSR count). The lowest BCUT2D eigenvalue weighted by Gasteiger charge is -2.24. The van der Waals surface area contributed by atoms with Crippen LogP contribution in [0.1, 0.15) is 121 Å². The van der Waals surface area contributed by atoms with Crippen molar-refractivity contribution in [3.05, 3.63) is 52.6 Å². The highest BCUT2D eigenvalue weighted by molar-refractivity contribution is 6.29. The summed E-state index contributed by atoms with van der Waals surface area (Å²) < 4.78 is 10.8. The molecule has 0 radical (unpaired) electrons. The van der Waals surface area contributed by atoms with E-state index in [-0.39, 0.29) is 5.56 Å². The summed E-state index contributed by atoms with van der Waals surface area (Å²) in [6.45, 7) is 3.76. The maximum Gasteiger partial charge on any atom is 0.338 e. The zero-order valence-electron chi connectivity index (χ0n) is 26.6. The standard InChI is InChI=1S/C34H42N2O10/c1-4-5-6-7-8-9-10-11-12-13-18-46-23-16-14-22(15-17-23)31(39)28-24(33(41)42)19-25(35-21(2)37)30(29(28)34(43)44)36-27(38)20-26(45-3)32(36)40/h14-17,19,26H,4-13,18,20H2,1-3H3,(H,35,37)(H,41,42)(H,43,44). The summed E-state index contributed by atoms with van der Waals surface area (Å²) in [5, 5.41) is 22.6. The second-order valence-electron chi connectivity index (χ2n) is 11.2. The molecule has 0 spiro atoms.